The summed E-state index contributed by atoms with van der Waals surface area (Å²) in [6, 6.07) is 4.88. The molecule has 0 radical (unpaired) electrons. The maximum absolute atomic E-state index is 5.82. The first-order valence-electron chi connectivity index (χ1n) is 6.04. The van der Waals surface area contributed by atoms with E-state index in [0.717, 1.165) is 34.3 Å². The molecule has 0 atom stereocenters. The molecule has 0 amide bonds. The Morgan fingerprint density at radius 3 is 2.76 bits per heavy atom. The molecule has 0 bridgehead atoms. The van der Waals surface area contributed by atoms with Crippen LogP contribution in [0.2, 0.25) is 0 Å². The molecule has 1 N–H and O–H groups in total. The van der Waals surface area contributed by atoms with Gasteiger partial charge in [-0.3, -0.25) is 0 Å². The fourth-order valence-electron chi connectivity index (χ4n) is 1.65. The molecule has 2 nitrogen and oxygen atoms in total. The number of ether oxygens (including phenoxy) is 1. The average molecular weight is 363 g/mol. The molecule has 1 fully saturated rings. The summed E-state index contributed by atoms with van der Waals surface area (Å²) in [6.45, 7) is 3.76. The summed E-state index contributed by atoms with van der Waals surface area (Å²) in [5, 5.41) is 3.52. The third-order valence-corrected chi connectivity index (χ3v) is 3.74. The van der Waals surface area contributed by atoms with E-state index in [1.165, 1.54) is 18.4 Å². The summed E-state index contributed by atoms with van der Waals surface area (Å²) < 4.78 is 7.92. The molecule has 2 rings (SSSR count). The lowest BCUT2D eigenvalue weighted by Gasteiger charge is -2.14. The Morgan fingerprint density at radius 1 is 1.35 bits per heavy atom. The second-order valence-electron chi connectivity index (χ2n) is 4.38. The maximum atomic E-state index is 5.82. The highest BCUT2D eigenvalue weighted by Gasteiger charge is 2.21. The number of nitrogens with one attached hydrogen (secondary N) is 1. The van der Waals surface area contributed by atoms with Crippen LogP contribution in [0.1, 0.15) is 31.7 Å². The van der Waals surface area contributed by atoms with Gasteiger partial charge in [0.2, 0.25) is 0 Å². The van der Waals surface area contributed by atoms with Gasteiger partial charge in [0.1, 0.15) is 5.75 Å². The van der Waals surface area contributed by atoms with Crippen molar-refractivity contribution in [1.82, 2.24) is 5.32 Å². The van der Waals surface area contributed by atoms with Crippen molar-refractivity contribution in [3.8, 4) is 5.75 Å². The van der Waals surface area contributed by atoms with E-state index in [0.29, 0.717) is 6.04 Å². The number of halogens is 2. The minimum Gasteiger partial charge on any atom is -0.492 e. The Balaban J connectivity index is 2.12. The molecule has 0 aromatic heterocycles. The predicted molar refractivity (Wildman–Crippen MR) is 77.5 cm³/mol. The Labute approximate surface area is 119 Å². The van der Waals surface area contributed by atoms with Gasteiger partial charge in [0, 0.05) is 22.6 Å². The second kappa shape index (κ2) is 6.21. The van der Waals surface area contributed by atoms with Crippen LogP contribution in [0.5, 0.6) is 5.75 Å². The van der Waals surface area contributed by atoms with E-state index in [9.17, 15) is 0 Å². The summed E-state index contributed by atoms with van der Waals surface area (Å²) in [6.07, 6.45) is 3.64. The van der Waals surface area contributed by atoms with Crippen molar-refractivity contribution in [2.45, 2.75) is 38.8 Å². The predicted octanol–water partition coefficient (Wildman–Crippen LogP) is 4.25. The monoisotopic (exact) mass is 361 g/mol. The van der Waals surface area contributed by atoms with Crippen molar-refractivity contribution in [3.05, 3.63) is 26.6 Å². The third-order valence-electron chi connectivity index (χ3n) is 2.69. The van der Waals surface area contributed by atoms with Crippen LogP contribution in [0, 0.1) is 0 Å². The van der Waals surface area contributed by atoms with Gasteiger partial charge in [0.05, 0.1) is 11.1 Å². The fraction of sp³-hybridized carbons (Fsp3) is 0.538. The van der Waals surface area contributed by atoms with Gasteiger partial charge in [-0.1, -0.05) is 22.9 Å². The fourth-order valence-corrected chi connectivity index (χ4v) is 3.08. The molecule has 0 heterocycles. The molecule has 0 saturated heterocycles. The van der Waals surface area contributed by atoms with Crippen molar-refractivity contribution in [2.75, 3.05) is 6.61 Å². The molecule has 1 aliphatic carbocycles. The summed E-state index contributed by atoms with van der Waals surface area (Å²) in [5.41, 5.74) is 1.21. The van der Waals surface area contributed by atoms with Crippen molar-refractivity contribution in [3.63, 3.8) is 0 Å². The number of benzene rings is 1. The van der Waals surface area contributed by atoms with Crippen LogP contribution in [-0.2, 0) is 6.54 Å². The lowest BCUT2D eigenvalue weighted by atomic mass is 10.2. The van der Waals surface area contributed by atoms with Gasteiger partial charge in [-0.2, -0.15) is 0 Å². The van der Waals surface area contributed by atoms with E-state index in [2.05, 4.69) is 50.2 Å². The molecule has 1 aromatic carbocycles. The maximum Gasteiger partial charge on any atom is 0.138 e. The topological polar surface area (TPSA) is 21.3 Å². The molecule has 0 spiro atoms. The molecule has 1 aliphatic rings. The zero-order chi connectivity index (χ0) is 12.3. The van der Waals surface area contributed by atoms with Crippen LogP contribution in [-0.4, -0.2) is 12.6 Å². The minimum absolute atomic E-state index is 0.715. The van der Waals surface area contributed by atoms with E-state index in [4.69, 9.17) is 4.74 Å². The first-order chi connectivity index (χ1) is 8.20. The lowest BCUT2D eigenvalue weighted by molar-refractivity contribution is 0.311. The van der Waals surface area contributed by atoms with Crippen LogP contribution < -0.4 is 10.1 Å². The lowest BCUT2D eigenvalue weighted by Crippen LogP contribution is -2.16. The zero-order valence-electron chi connectivity index (χ0n) is 9.93. The van der Waals surface area contributed by atoms with E-state index < -0.39 is 0 Å². The van der Waals surface area contributed by atoms with Gasteiger partial charge >= 0.3 is 0 Å². The van der Waals surface area contributed by atoms with Gasteiger partial charge < -0.3 is 10.1 Å². The van der Waals surface area contributed by atoms with Crippen LogP contribution in [0.25, 0.3) is 0 Å². The van der Waals surface area contributed by atoms with E-state index >= 15 is 0 Å². The minimum atomic E-state index is 0.715. The summed E-state index contributed by atoms with van der Waals surface area (Å²) in [5.74, 6) is 0.975. The molecular weight excluding hydrogens is 346 g/mol. The van der Waals surface area contributed by atoms with Gasteiger partial charge in [-0.05, 0) is 47.3 Å². The molecule has 0 aliphatic heterocycles. The highest BCUT2D eigenvalue weighted by Crippen LogP contribution is 2.33. The van der Waals surface area contributed by atoms with Crippen LogP contribution in [0.4, 0.5) is 0 Å². The molecule has 0 unspecified atom stereocenters. The molecule has 4 heteroatoms. The van der Waals surface area contributed by atoms with Crippen molar-refractivity contribution < 1.29 is 4.74 Å². The summed E-state index contributed by atoms with van der Waals surface area (Å²) >= 11 is 7.09. The van der Waals surface area contributed by atoms with Crippen LogP contribution in [0.3, 0.4) is 0 Å². The molecule has 94 valence electrons. The van der Waals surface area contributed by atoms with E-state index in [-0.39, 0.29) is 0 Å². The first kappa shape index (κ1) is 13.4. The smallest absolute Gasteiger partial charge is 0.138 e. The summed E-state index contributed by atoms with van der Waals surface area (Å²) in [7, 11) is 0. The molecular formula is C13H17Br2NO. The van der Waals surface area contributed by atoms with Crippen molar-refractivity contribution in [2.24, 2.45) is 0 Å². The van der Waals surface area contributed by atoms with Gasteiger partial charge in [-0.25, -0.2) is 0 Å². The van der Waals surface area contributed by atoms with Crippen LogP contribution >= 0.6 is 31.9 Å². The number of hydrogen-bond donors (Lipinski definition) is 1. The molecule has 1 aromatic rings. The number of hydrogen-bond acceptors (Lipinski definition) is 2. The molecule has 17 heavy (non-hydrogen) atoms. The Bertz CT molecular complexity index is 391. The quantitative estimate of drug-likeness (QED) is 0.816. The Hall–Kier alpha value is -0.0600. The van der Waals surface area contributed by atoms with E-state index in [1.54, 1.807) is 0 Å². The normalized spacial score (nSPS) is 15.0. The Morgan fingerprint density at radius 2 is 2.12 bits per heavy atom. The number of rotatable bonds is 6. The van der Waals surface area contributed by atoms with Crippen molar-refractivity contribution in [1.29, 1.82) is 0 Å². The van der Waals surface area contributed by atoms with E-state index in [1.807, 2.05) is 6.07 Å². The highest BCUT2D eigenvalue weighted by molar-refractivity contribution is 9.11. The third kappa shape index (κ3) is 3.97. The van der Waals surface area contributed by atoms with Crippen LogP contribution in [0.15, 0.2) is 21.1 Å². The SMILES string of the molecule is CCCOc1c(Br)cc(Br)cc1CNC1CC1. The molecule has 1 saturated carbocycles. The van der Waals surface area contributed by atoms with Gasteiger partial charge in [0.15, 0.2) is 0 Å². The summed E-state index contributed by atoms with van der Waals surface area (Å²) in [4.78, 5) is 0. The highest BCUT2D eigenvalue weighted by atomic mass is 79.9. The zero-order valence-corrected chi connectivity index (χ0v) is 13.1. The second-order valence-corrected chi connectivity index (χ2v) is 6.15. The first-order valence-corrected chi connectivity index (χ1v) is 7.63. The van der Waals surface area contributed by atoms with Crippen molar-refractivity contribution >= 4 is 31.9 Å². The standard InChI is InChI=1S/C13H17Br2NO/c1-2-5-17-13-9(8-16-11-3-4-11)6-10(14)7-12(13)15/h6-7,11,16H,2-5,8H2,1H3. The average Bonchev–Trinajstić information content (AvgIpc) is 3.08. The Kier molecular flexibility index (Phi) is 4.88. The van der Waals surface area contributed by atoms with Gasteiger partial charge in [-0.15, -0.1) is 0 Å². The van der Waals surface area contributed by atoms with Gasteiger partial charge in [0.25, 0.3) is 0 Å². The largest absolute Gasteiger partial charge is 0.492 e.